The fourth-order valence-corrected chi connectivity index (χ4v) is 2.53. The predicted octanol–water partition coefficient (Wildman–Crippen LogP) is 1.41. The van der Waals surface area contributed by atoms with Crippen LogP contribution in [0.15, 0.2) is 0 Å². The molecule has 3 nitrogen and oxygen atoms in total. The molecule has 86 valence electrons. The van der Waals surface area contributed by atoms with Gasteiger partial charge in [-0.05, 0) is 37.5 Å². The van der Waals surface area contributed by atoms with Crippen LogP contribution in [0.5, 0.6) is 0 Å². The number of nitrogens with zero attached hydrogens (tertiary/aromatic N) is 1. The van der Waals surface area contributed by atoms with Gasteiger partial charge in [-0.1, -0.05) is 6.42 Å². The Balaban J connectivity index is 1.62. The third-order valence-electron chi connectivity index (χ3n) is 3.70. The zero-order valence-corrected chi connectivity index (χ0v) is 9.32. The molecule has 0 spiro atoms. The van der Waals surface area contributed by atoms with E-state index in [1.807, 2.05) is 4.90 Å². The number of piperidine rings is 1. The molecule has 1 saturated carbocycles. The van der Waals surface area contributed by atoms with E-state index in [1.54, 1.807) is 0 Å². The topological polar surface area (TPSA) is 40.5 Å². The molecule has 15 heavy (non-hydrogen) atoms. The summed E-state index contributed by atoms with van der Waals surface area (Å²) in [7, 11) is 0. The summed E-state index contributed by atoms with van der Waals surface area (Å²) in [6.07, 6.45) is 6.00. The van der Waals surface area contributed by atoms with E-state index in [0.29, 0.717) is 12.3 Å². The highest BCUT2D eigenvalue weighted by Crippen LogP contribution is 2.44. The molecule has 2 rings (SSSR count). The van der Waals surface area contributed by atoms with E-state index in [2.05, 4.69) is 0 Å². The van der Waals surface area contributed by atoms with Crippen molar-refractivity contribution < 1.29 is 9.90 Å². The van der Waals surface area contributed by atoms with Crippen molar-refractivity contribution in [1.29, 1.82) is 0 Å². The molecule has 2 unspecified atom stereocenters. The molecule has 0 aromatic carbocycles. The third kappa shape index (κ3) is 2.94. The minimum atomic E-state index is 0.252. The van der Waals surface area contributed by atoms with E-state index >= 15 is 0 Å². The zero-order chi connectivity index (χ0) is 10.7. The van der Waals surface area contributed by atoms with Crippen molar-refractivity contribution in [3.05, 3.63) is 0 Å². The van der Waals surface area contributed by atoms with E-state index in [4.69, 9.17) is 5.11 Å². The van der Waals surface area contributed by atoms with Gasteiger partial charge < -0.3 is 10.0 Å². The lowest BCUT2D eigenvalue weighted by atomic mass is 10.1. The van der Waals surface area contributed by atoms with Gasteiger partial charge in [0.05, 0.1) is 0 Å². The summed E-state index contributed by atoms with van der Waals surface area (Å²) < 4.78 is 0. The molecule has 2 aliphatic rings. The Bertz CT molecular complexity index is 230. The van der Waals surface area contributed by atoms with Crippen molar-refractivity contribution in [1.82, 2.24) is 4.90 Å². The number of amides is 1. The van der Waals surface area contributed by atoms with Crippen molar-refractivity contribution >= 4 is 5.91 Å². The standard InChI is InChI=1S/C12H21NO2/c14-7-3-1-2-4-12(15)13-6-5-10-8-11(10)9-13/h10-11,14H,1-9H2. The predicted molar refractivity (Wildman–Crippen MR) is 58.3 cm³/mol. The quantitative estimate of drug-likeness (QED) is 0.698. The lowest BCUT2D eigenvalue weighted by molar-refractivity contribution is -0.132. The van der Waals surface area contributed by atoms with E-state index < -0.39 is 0 Å². The maximum Gasteiger partial charge on any atom is 0.222 e. The van der Waals surface area contributed by atoms with Crippen LogP contribution in [0.25, 0.3) is 0 Å². The van der Waals surface area contributed by atoms with Gasteiger partial charge in [0.2, 0.25) is 5.91 Å². The molecule has 0 aromatic rings. The average Bonchev–Trinajstić information content (AvgIpc) is 3.01. The van der Waals surface area contributed by atoms with Gasteiger partial charge in [-0.25, -0.2) is 0 Å². The lowest BCUT2D eigenvalue weighted by Crippen LogP contribution is -2.36. The van der Waals surface area contributed by atoms with Crippen molar-refractivity contribution in [2.75, 3.05) is 19.7 Å². The van der Waals surface area contributed by atoms with Gasteiger partial charge in [0, 0.05) is 26.1 Å². The minimum absolute atomic E-state index is 0.252. The minimum Gasteiger partial charge on any atom is -0.396 e. The van der Waals surface area contributed by atoms with Crippen molar-refractivity contribution in [3.63, 3.8) is 0 Å². The summed E-state index contributed by atoms with van der Waals surface area (Å²) in [5.41, 5.74) is 0. The first-order valence-corrected chi connectivity index (χ1v) is 6.20. The number of likely N-dealkylation sites (tertiary alicyclic amines) is 1. The van der Waals surface area contributed by atoms with Crippen LogP contribution in [-0.4, -0.2) is 35.6 Å². The summed E-state index contributed by atoms with van der Waals surface area (Å²) in [5.74, 6) is 2.11. The van der Waals surface area contributed by atoms with Crippen LogP contribution >= 0.6 is 0 Å². The molecule has 0 bridgehead atoms. The van der Waals surface area contributed by atoms with Crippen LogP contribution in [-0.2, 0) is 4.79 Å². The summed E-state index contributed by atoms with van der Waals surface area (Å²) in [4.78, 5) is 13.8. The van der Waals surface area contributed by atoms with Crippen LogP contribution in [0.3, 0.4) is 0 Å². The number of carbonyl (C=O) groups excluding carboxylic acids is 1. The molecule has 1 heterocycles. The van der Waals surface area contributed by atoms with Gasteiger partial charge >= 0.3 is 0 Å². The SMILES string of the molecule is O=C(CCCCCO)N1CCC2CC2C1. The summed E-state index contributed by atoms with van der Waals surface area (Å²) in [6, 6.07) is 0. The molecule has 0 radical (unpaired) electrons. The fraction of sp³-hybridized carbons (Fsp3) is 0.917. The number of rotatable bonds is 5. The molecule has 1 N–H and O–H groups in total. The van der Waals surface area contributed by atoms with Crippen LogP contribution in [0.2, 0.25) is 0 Å². The molecule has 3 heteroatoms. The highest BCUT2D eigenvalue weighted by Gasteiger charge is 2.42. The maximum atomic E-state index is 11.8. The van der Waals surface area contributed by atoms with Gasteiger partial charge in [-0.15, -0.1) is 0 Å². The highest BCUT2D eigenvalue weighted by molar-refractivity contribution is 5.76. The first-order chi connectivity index (χ1) is 7.31. The van der Waals surface area contributed by atoms with E-state index in [-0.39, 0.29) is 6.61 Å². The lowest BCUT2D eigenvalue weighted by Gasteiger charge is -2.26. The average molecular weight is 211 g/mol. The monoisotopic (exact) mass is 211 g/mol. The van der Waals surface area contributed by atoms with Crippen LogP contribution in [0.1, 0.15) is 38.5 Å². The van der Waals surface area contributed by atoms with Gasteiger partial charge in [0.1, 0.15) is 0 Å². The normalized spacial score (nSPS) is 28.7. The number of fused-ring (bicyclic) bond motifs is 1. The van der Waals surface area contributed by atoms with Gasteiger partial charge in [0.25, 0.3) is 0 Å². The van der Waals surface area contributed by atoms with Gasteiger partial charge in [-0.3, -0.25) is 4.79 Å². The number of carbonyl (C=O) groups is 1. The summed E-state index contributed by atoms with van der Waals surface area (Å²) >= 11 is 0. The van der Waals surface area contributed by atoms with Crippen molar-refractivity contribution in [2.45, 2.75) is 38.5 Å². The largest absolute Gasteiger partial charge is 0.396 e. The summed E-state index contributed by atoms with van der Waals surface area (Å²) in [5, 5.41) is 8.63. The molecule has 1 aliphatic carbocycles. The van der Waals surface area contributed by atoms with E-state index in [1.165, 1.54) is 12.8 Å². The maximum absolute atomic E-state index is 11.8. The zero-order valence-electron chi connectivity index (χ0n) is 9.32. The molecule has 1 amide bonds. The Hall–Kier alpha value is -0.570. The van der Waals surface area contributed by atoms with Crippen LogP contribution < -0.4 is 0 Å². The molecule has 2 atom stereocenters. The Kier molecular flexibility index (Phi) is 3.62. The van der Waals surface area contributed by atoms with Crippen molar-refractivity contribution in [2.24, 2.45) is 11.8 Å². The van der Waals surface area contributed by atoms with Crippen molar-refractivity contribution in [3.8, 4) is 0 Å². The smallest absolute Gasteiger partial charge is 0.222 e. The first-order valence-electron chi connectivity index (χ1n) is 6.20. The number of aliphatic hydroxyl groups is 1. The Morgan fingerprint density at radius 2 is 2.13 bits per heavy atom. The Morgan fingerprint density at radius 1 is 1.27 bits per heavy atom. The number of unbranched alkanes of at least 4 members (excludes halogenated alkanes) is 2. The molecule has 0 aromatic heterocycles. The fourth-order valence-electron chi connectivity index (χ4n) is 2.53. The molecular formula is C12H21NO2. The Morgan fingerprint density at radius 3 is 2.87 bits per heavy atom. The Labute approximate surface area is 91.5 Å². The number of hydrogen-bond donors (Lipinski definition) is 1. The molecule has 2 fully saturated rings. The van der Waals surface area contributed by atoms with Gasteiger partial charge in [0.15, 0.2) is 0 Å². The second kappa shape index (κ2) is 4.97. The molecule has 1 saturated heterocycles. The van der Waals surface area contributed by atoms with E-state index in [9.17, 15) is 4.79 Å². The first kappa shape index (κ1) is 10.9. The highest BCUT2D eigenvalue weighted by atomic mass is 16.2. The third-order valence-corrected chi connectivity index (χ3v) is 3.70. The number of hydrogen-bond acceptors (Lipinski definition) is 2. The van der Waals surface area contributed by atoms with E-state index in [0.717, 1.165) is 44.2 Å². The second-order valence-corrected chi connectivity index (χ2v) is 4.92. The number of aliphatic hydroxyl groups excluding tert-OH is 1. The van der Waals surface area contributed by atoms with Crippen LogP contribution in [0, 0.1) is 11.8 Å². The molecular weight excluding hydrogens is 190 g/mol. The van der Waals surface area contributed by atoms with Crippen LogP contribution in [0.4, 0.5) is 0 Å². The summed E-state index contributed by atoms with van der Waals surface area (Å²) in [6.45, 7) is 2.26. The van der Waals surface area contributed by atoms with Gasteiger partial charge in [-0.2, -0.15) is 0 Å². The molecule has 1 aliphatic heterocycles. The second-order valence-electron chi connectivity index (χ2n) is 4.92.